The van der Waals surface area contributed by atoms with Crippen LogP contribution in [0.25, 0.3) is 11.1 Å². The quantitative estimate of drug-likeness (QED) is 0.581. The van der Waals surface area contributed by atoms with E-state index in [1.165, 1.54) is 33.4 Å². The molecule has 0 fully saturated rings. The third-order valence-corrected chi connectivity index (χ3v) is 5.17. The Labute approximate surface area is 144 Å². The van der Waals surface area contributed by atoms with Gasteiger partial charge in [-0.3, -0.25) is 0 Å². The number of hydrogen-bond acceptors (Lipinski definition) is 1. The molecule has 0 atom stereocenters. The topological polar surface area (TPSA) is 12.0 Å². The van der Waals surface area contributed by atoms with Crippen molar-refractivity contribution < 1.29 is 0 Å². The minimum atomic E-state index is 0.0433. The van der Waals surface area contributed by atoms with E-state index in [0.717, 1.165) is 11.4 Å². The summed E-state index contributed by atoms with van der Waals surface area (Å²) in [4.78, 5) is 0. The molecule has 1 N–H and O–H groups in total. The van der Waals surface area contributed by atoms with Crippen molar-refractivity contribution in [1.82, 2.24) is 0 Å². The van der Waals surface area contributed by atoms with Gasteiger partial charge in [-0.1, -0.05) is 61.4 Å². The van der Waals surface area contributed by atoms with E-state index in [4.69, 9.17) is 0 Å². The number of rotatable bonds is 2. The van der Waals surface area contributed by atoms with Crippen molar-refractivity contribution in [1.29, 1.82) is 0 Å². The van der Waals surface area contributed by atoms with Crippen LogP contribution in [0, 0.1) is 13.8 Å². The first kappa shape index (κ1) is 15.0. The van der Waals surface area contributed by atoms with Gasteiger partial charge in [-0.25, -0.2) is 0 Å². The van der Waals surface area contributed by atoms with Gasteiger partial charge >= 0.3 is 0 Å². The predicted octanol–water partition coefficient (Wildman–Crippen LogP) is 6.35. The maximum Gasteiger partial charge on any atom is 0.0387 e. The maximum atomic E-state index is 3.54. The van der Waals surface area contributed by atoms with Crippen LogP contribution < -0.4 is 5.32 Å². The Morgan fingerprint density at radius 2 is 1.17 bits per heavy atom. The molecule has 0 amide bonds. The number of aryl methyl sites for hydroxylation is 2. The van der Waals surface area contributed by atoms with Crippen molar-refractivity contribution in [2.75, 3.05) is 5.32 Å². The van der Waals surface area contributed by atoms with Crippen LogP contribution in [-0.4, -0.2) is 0 Å². The third kappa shape index (κ3) is 2.32. The number of anilines is 2. The summed E-state index contributed by atoms with van der Waals surface area (Å²) >= 11 is 0. The molecule has 3 aromatic rings. The lowest BCUT2D eigenvalue weighted by atomic mass is 9.82. The first-order chi connectivity index (χ1) is 11.4. The highest BCUT2D eigenvalue weighted by atomic mass is 14.9. The van der Waals surface area contributed by atoms with Gasteiger partial charge in [0.15, 0.2) is 0 Å². The molecule has 1 aliphatic carbocycles. The van der Waals surface area contributed by atoms with Gasteiger partial charge in [0.05, 0.1) is 0 Å². The van der Waals surface area contributed by atoms with Crippen molar-refractivity contribution in [3.05, 3.63) is 82.9 Å². The Bertz CT molecular complexity index is 917. The predicted molar refractivity (Wildman–Crippen MR) is 103 cm³/mol. The van der Waals surface area contributed by atoms with Gasteiger partial charge in [-0.05, 0) is 60.4 Å². The van der Waals surface area contributed by atoms with Crippen LogP contribution in [0.1, 0.15) is 36.1 Å². The van der Waals surface area contributed by atoms with Crippen LogP contribution in [0.3, 0.4) is 0 Å². The Morgan fingerprint density at radius 3 is 1.88 bits per heavy atom. The summed E-state index contributed by atoms with van der Waals surface area (Å²) in [6.07, 6.45) is 0. The van der Waals surface area contributed by atoms with Gasteiger partial charge < -0.3 is 5.32 Å². The van der Waals surface area contributed by atoms with Gasteiger partial charge in [0.1, 0.15) is 0 Å². The lowest BCUT2D eigenvalue weighted by Gasteiger charge is -2.22. The normalized spacial score (nSPS) is 14.2. The van der Waals surface area contributed by atoms with Gasteiger partial charge in [0.2, 0.25) is 0 Å². The first-order valence-electron chi connectivity index (χ1n) is 8.55. The molecule has 1 nitrogen and oxygen atoms in total. The molecule has 24 heavy (non-hydrogen) atoms. The number of benzene rings is 3. The zero-order valence-corrected chi connectivity index (χ0v) is 14.8. The second kappa shape index (κ2) is 5.24. The molecular weight excluding hydrogens is 290 g/mol. The molecular formula is C23H23N. The zero-order chi connectivity index (χ0) is 16.9. The fraction of sp³-hybridized carbons (Fsp3) is 0.217. The average Bonchev–Trinajstić information content (AvgIpc) is 2.77. The Hall–Kier alpha value is -2.54. The molecule has 0 spiro atoms. The molecule has 0 aliphatic heterocycles. The molecule has 0 aromatic heterocycles. The van der Waals surface area contributed by atoms with Crippen LogP contribution >= 0.6 is 0 Å². The minimum Gasteiger partial charge on any atom is -0.356 e. The molecule has 1 aliphatic rings. The van der Waals surface area contributed by atoms with Crippen LogP contribution in [-0.2, 0) is 5.41 Å². The minimum absolute atomic E-state index is 0.0433. The monoisotopic (exact) mass is 313 g/mol. The van der Waals surface area contributed by atoms with Crippen LogP contribution in [0.5, 0.6) is 0 Å². The summed E-state index contributed by atoms with van der Waals surface area (Å²) in [7, 11) is 0. The molecule has 1 heteroatoms. The number of nitrogens with one attached hydrogen (secondary N) is 1. The van der Waals surface area contributed by atoms with E-state index in [1.54, 1.807) is 0 Å². The molecule has 3 aromatic carbocycles. The first-order valence-corrected chi connectivity index (χ1v) is 8.55. The van der Waals surface area contributed by atoms with E-state index in [2.05, 4.69) is 93.7 Å². The summed E-state index contributed by atoms with van der Waals surface area (Å²) in [5.41, 5.74) is 10.5. The lowest BCUT2D eigenvalue weighted by molar-refractivity contribution is 0.660. The highest BCUT2D eigenvalue weighted by Gasteiger charge is 2.35. The highest BCUT2D eigenvalue weighted by Crippen LogP contribution is 2.49. The average molecular weight is 313 g/mol. The van der Waals surface area contributed by atoms with E-state index in [9.17, 15) is 0 Å². The van der Waals surface area contributed by atoms with Gasteiger partial charge in [-0.2, -0.15) is 0 Å². The van der Waals surface area contributed by atoms with Crippen molar-refractivity contribution in [3.63, 3.8) is 0 Å². The van der Waals surface area contributed by atoms with E-state index in [0.29, 0.717) is 0 Å². The summed E-state index contributed by atoms with van der Waals surface area (Å²) in [5, 5.41) is 3.54. The molecule has 0 saturated heterocycles. The molecule has 0 radical (unpaired) electrons. The van der Waals surface area contributed by atoms with E-state index in [-0.39, 0.29) is 5.41 Å². The zero-order valence-electron chi connectivity index (χ0n) is 14.8. The largest absolute Gasteiger partial charge is 0.356 e. The Balaban J connectivity index is 1.76. The fourth-order valence-corrected chi connectivity index (χ4v) is 3.73. The highest BCUT2D eigenvalue weighted by molar-refractivity contribution is 5.83. The van der Waals surface area contributed by atoms with E-state index < -0.39 is 0 Å². The standard InChI is InChI=1S/C23H23N/c1-15-5-8-17(9-6-15)24-18-10-12-20-19-11-7-16(2)13-21(19)23(3,4)22(20)14-18/h5-14,24H,1-4H3. The van der Waals surface area contributed by atoms with E-state index in [1.807, 2.05) is 0 Å². The molecule has 0 unspecified atom stereocenters. The van der Waals surface area contributed by atoms with Crippen molar-refractivity contribution in [2.24, 2.45) is 0 Å². The van der Waals surface area contributed by atoms with Crippen LogP contribution in [0.2, 0.25) is 0 Å². The molecule has 0 bridgehead atoms. The fourth-order valence-electron chi connectivity index (χ4n) is 3.73. The summed E-state index contributed by atoms with van der Waals surface area (Å²) in [6, 6.07) is 22.1. The molecule has 120 valence electrons. The SMILES string of the molecule is Cc1ccc(Nc2ccc3c(c2)C(C)(C)c2cc(C)ccc2-3)cc1. The maximum absolute atomic E-state index is 3.54. The van der Waals surface area contributed by atoms with Gasteiger partial charge in [0, 0.05) is 16.8 Å². The van der Waals surface area contributed by atoms with Crippen molar-refractivity contribution >= 4 is 11.4 Å². The second-order valence-corrected chi connectivity index (χ2v) is 7.43. The van der Waals surface area contributed by atoms with Crippen LogP contribution in [0.15, 0.2) is 60.7 Å². The van der Waals surface area contributed by atoms with Crippen molar-refractivity contribution in [2.45, 2.75) is 33.1 Å². The van der Waals surface area contributed by atoms with E-state index >= 15 is 0 Å². The summed E-state index contributed by atoms with van der Waals surface area (Å²) in [6.45, 7) is 8.93. The number of fused-ring (bicyclic) bond motifs is 3. The second-order valence-electron chi connectivity index (χ2n) is 7.43. The lowest BCUT2D eigenvalue weighted by Crippen LogP contribution is -2.15. The van der Waals surface area contributed by atoms with Crippen molar-refractivity contribution in [3.8, 4) is 11.1 Å². The smallest absolute Gasteiger partial charge is 0.0387 e. The Morgan fingerprint density at radius 1 is 0.625 bits per heavy atom. The molecule has 0 saturated carbocycles. The summed E-state index contributed by atoms with van der Waals surface area (Å²) < 4.78 is 0. The van der Waals surface area contributed by atoms with Gasteiger partial charge in [0.25, 0.3) is 0 Å². The van der Waals surface area contributed by atoms with Gasteiger partial charge in [-0.15, -0.1) is 0 Å². The third-order valence-electron chi connectivity index (χ3n) is 5.17. The Kier molecular flexibility index (Phi) is 3.28. The number of hydrogen-bond donors (Lipinski definition) is 1. The van der Waals surface area contributed by atoms with Crippen LogP contribution in [0.4, 0.5) is 11.4 Å². The molecule has 4 rings (SSSR count). The summed E-state index contributed by atoms with van der Waals surface area (Å²) in [5.74, 6) is 0. The molecule has 0 heterocycles.